The molecule has 0 amide bonds. The van der Waals surface area contributed by atoms with Gasteiger partial charge in [-0.2, -0.15) is 0 Å². The van der Waals surface area contributed by atoms with Crippen molar-refractivity contribution >= 4 is 0 Å². The number of hydrogen-bond acceptors (Lipinski definition) is 3. The Bertz CT molecular complexity index is 188. The van der Waals surface area contributed by atoms with Gasteiger partial charge in [-0.15, -0.1) is 0 Å². The molecular weight excluding hydrogens is 200 g/mol. The molecule has 1 fully saturated rings. The molecule has 3 nitrogen and oxygen atoms in total. The third-order valence-electron chi connectivity index (χ3n) is 3.49. The number of likely N-dealkylation sites (N-methyl/N-ethyl adjacent to an activating group) is 1. The van der Waals surface area contributed by atoms with Gasteiger partial charge in [0.2, 0.25) is 0 Å². The smallest absolute Gasteiger partial charge is 0.0702 e. The molecule has 1 aliphatic rings. The molecule has 16 heavy (non-hydrogen) atoms. The van der Waals surface area contributed by atoms with Crippen LogP contribution in [-0.4, -0.2) is 44.3 Å². The maximum atomic E-state index is 5.72. The van der Waals surface area contributed by atoms with E-state index in [2.05, 4.69) is 25.8 Å². The summed E-state index contributed by atoms with van der Waals surface area (Å²) in [6.07, 6.45) is 5.39. The van der Waals surface area contributed by atoms with E-state index in [1.165, 1.54) is 25.7 Å². The summed E-state index contributed by atoms with van der Waals surface area (Å²) in [7, 11) is 2.19. The molecule has 1 rings (SSSR count). The molecule has 1 aliphatic heterocycles. The predicted molar refractivity (Wildman–Crippen MR) is 68.5 cm³/mol. The second-order valence-corrected chi connectivity index (χ2v) is 5.87. The third-order valence-corrected chi connectivity index (χ3v) is 3.49. The molecule has 3 heteroatoms. The minimum atomic E-state index is 0.296. The van der Waals surface area contributed by atoms with Gasteiger partial charge in [-0.05, 0) is 51.2 Å². The van der Waals surface area contributed by atoms with Gasteiger partial charge in [0.05, 0.1) is 6.10 Å². The standard InChI is InChI=1S/C13H28N2O/c1-13(2,11-14)7-5-8-15(3)10-12-6-4-9-16-12/h12H,4-11,14H2,1-3H3. The molecule has 1 heterocycles. The molecule has 0 aromatic carbocycles. The van der Waals surface area contributed by atoms with Gasteiger partial charge in [-0.1, -0.05) is 13.8 Å². The van der Waals surface area contributed by atoms with Crippen molar-refractivity contribution < 1.29 is 4.74 Å². The van der Waals surface area contributed by atoms with Gasteiger partial charge >= 0.3 is 0 Å². The van der Waals surface area contributed by atoms with Crippen molar-refractivity contribution in [2.24, 2.45) is 11.1 Å². The highest BCUT2D eigenvalue weighted by Crippen LogP contribution is 2.20. The van der Waals surface area contributed by atoms with Crippen LogP contribution in [0, 0.1) is 5.41 Å². The molecule has 0 radical (unpaired) electrons. The van der Waals surface area contributed by atoms with Crippen LogP contribution in [0.4, 0.5) is 0 Å². The highest BCUT2D eigenvalue weighted by molar-refractivity contribution is 4.72. The summed E-state index contributed by atoms with van der Waals surface area (Å²) in [4.78, 5) is 2.39. The molecule has 2 N–H and O–H groups in total. The van der Waals surface area contributed by atoms with E-state index in [9.17, 15) is 0 Å². The molecule has 0 spiro atoms. The zero-order chi connectivity index (χ0) is 12.0. The molecule has 1 saturated heterocycles. The topological polar surface area (TPSA) is 38.5 Å². The summed E-state index contributed by atoms with van der Waals surface area (Å²) in [6, 6.07) is 0. The molecule has 0 bridgehead atoms. The Morgan fingerprint density at radius 3 is 2.75 bits per heavy atom. The average Bonchev–Trinajstić information content (AvgIpc) is 2.70. The second kappa shape index (κ2) is 6.58. The highest BCUT2D eigenvalue weighted by Gasteiger charge is 2.18. The van der Waals surface area contributed by atoms with Crippen LogP contribution in [0.5, 0.6) is 0 Å². The first-order valence-corrected chi connectivity index (χ1v) is 6.54. The lowest BCUT2D eigenvalue weighted by Crippen LogP contribution is -2.31. The Morgan fingerprint density at radius 1 is 1.44 bits per heavy atom. The highest BCUT2D eigenvalue weighted by atomic mass is 16.5. The normalized spacial score (nSPS) is 21.9. The lowest BCUT2D eigenvalue weighted by molar-refractivity contribution is 0.0799. The van der Waals surface area contributed by atoms with E-state index in [1.807, 2.05) is 0 Å². The summed E-state index contributed by atoms with van der Waals surface area (Å²) < 4.78 is 5.63. The van der Waals surface area contributed by atoms with Gasteiger partial charge < -0.3 is 15.4 Å². The number of ether oxygens (including phenoxy) is 1. The monoisotopic (exact) mass is 228 g/mol. The van der Waals surface area contributed by atoms with Crippen LogP contribution in [0.1, 0.15) is 39.5 Å². The van der Waals surface area contributed by atoms with Crippen molar-refractivity contribution in [3.8, 4) is 0 Å². The Kier molecular flexibility index (Phi) is 5.73. The van der Waals surface area contributed by atoms with Gasteiger partial charge in [-0.25, -0.2) is 0 Å². The van der Waals surface area contributed by atoms with Gasteiger partial charge in [0, 0.05) is 13.2 Å². The maximum Gasteiger partial charge on any atom is 0.0702 e. The summed E-state index contributed by atoms with van der Waals surface area (Å²) in [5.41, 5.74) is 6.02. The Labute approximate surface area is 100 Å². The quantitative estimate of drug-likeness (QED) is 0.723. The number of nitrogens with zero attached hydrogens (tertiary/aromatic N) is 1. The molecule has 0 saturated carbocycles. The summed E-state index contributed by atoms with van der Waals surface area (Å²) >= 11 is 0. The van der Waals surface area contributed by atoms with Crippen LogP contribution >= 0.6 is 0 Å². The minimum absolute atomic E-state index is 0.296. The van der Waals surface area contributed by atoms with E-state index >= 15 is 0 Å². The first-order valence-electron chi connectivity index (χ1n) is 6.54. The van der Waals surface area contributed by atoms with Crippen LogP contribution in [0.3, 0.4) is 0 Å². The van der Waals surface area contributed by atoms with Gasteiger partial charge in [0.15, 0.2) is 0 Å². The fourth-order valence-electron chi connectivity index (χ4n) is 2.16. The van der Waals surface area contributed by atoms with Crippen molar-refractivity contribution in [3.05, 3.63) is 0 Å². The molecule has 1 unspecified atom stereocenters. The summed E-state index contributed by atoms with van der Waals surface area (Å²) in [6.45, 7) is 8.47. The SMILES string of the molecule is CN(CCCC(C)(C)CN)CC1CCCO1. The van der Waals surface area contributed by atoms with E-state index < -0.39 is 0 Å². The summed E-state index contributed by atoms with van der Waals surface area (Å²) in [5.74, 6) is 0. The molecule has 96 valence electrons. The van der Waals surface area contributed by atoms with Crippen molar-refractivity contribution in [2.75, 3.05) is 33.3 Å². The van der Waals surface area contributed by atoms with E-state index in [0.717, 1.165) is 26.2 Å². The fourth-order valence-corrected chi connectivity index (χ4v) is 2.16. The summed E-state index contributed by atoms with van der Waals surface area (Å²) in [5, 5.41) is 0. The van der Waals surface area contributed by atoms with Crippen LogP contribution < -0.4 is 5.73 Å². The van der Waals surface area contributed by atoms with E-state index in [-0.39, 0.29) is 0 Å². The van der Waals surface area contributed by atoms with E-state index in [0.29, 0.717) is 11.5 Å². The molecule has 0 aromatic heterocycles. The first kappa shape index (κ1) is 13.9. The van der Waals surface area contributed by atoms with Gasteiger partial charge in [-0.3, -0.25) is 0 Å². The second-order valence-electron chi connectivity index (χ2n) is 5.87. The van der Waals surface area contributed by atoms with Crippen molar-refractivity contribution in [3.63, 3.8) is 0 Å². The van der Waals surface area contributed by atoms with Gasteiger partial charge in [0.1, 0.15) is 0 Å². The minimum Gasteiger partial charge on any atom is -0.377 e. The Morgan fingerprint density at radius 2 is 2.19 bits per heavy atom. The molecule has 0 aliphatic carbocycles. The molecular formula is C13H28N2O. The number of rotatable bonds is 7. The van der Waals surface area contributed by atoms with Crippen molar-refractivity contribution in [1.29, 1.82) is 0 Å². The number of hydrogen-bond donors (Lipinski definition) is 1. The fraction of sp³-hybridized carbons (Fsp3) is 1.00. The zero-order valence-electron chi connectivity index (χ0n) is 11.2. The van der Waals surface area contributed by atoms with Gasteiger partial charge in [0.25, 0.3) is 0 Å². The average molecular weight is 228 g/mol. The lowest BCUT2D eigenvalue weighted by atomic mass is 9.88. The van der Waals surface area contributed by atoms with E-state index in [4.69, 9.17) is 10.5 Å². The Hall–Kier alpha value is -0.120. The van der Waals surface area contributed by atoms with Crippen molar-refractivity contribution in [2.45, 2.75) is 45.6 Å². The molecule has 1 atom stereocenters. The maximum absolute atomic E-state index is 5.72. The van der Waals surface area contributed by atoms with E-state index in [1.54, 1.807) is 0 Å². The van der Waals surface area contributed by atoms with Crippen LogP contribution in [0.2, 0.25) is 0 Å². The predicted octanol–water partition coefficient (Wildman–Crippen LogP) is 1.86. The largest absolute Gasteiger partial charge is 0.377 e. The third kappa shape index (κ3) is 5.28. The van der Waals surface area contributed by atoms with Crippen LogP contribution in [-0.2, 0) is 4.74 Å². The van der Waals surface area contributed by atoms with Crippen LogP contribution in [0.15, 0.2) is 0 Å². The van der Waals surface area contributed by atoms with Crippen LogP contribution in [0.25, 0.3) is 0 Å². The number of nitrogens with two attached hydrogens (primary N) is 1. The first-order chi connectivity index (χ1) is 7.53. The van der Waals surface area contributed by atoms with Crippen molar-refractivity contribution in [1.82, 2.24) is 4.90 Å². The zero-order valence-corrected chi connectivity index (χ0v) is 11.2. The lowest BCUT2D eigenvalue weighted by Gasteiger charge is -2.25. The Balaban J connectivity index is 2.07. The molecule has 0 aromatic rings.